The third kappa shape index (κ3) is 2.40. The van der Waals surface area contributed by atoms with E-state index in [0.717, 1.165) is 4.31 Å². The second-order valence-electron chi connectivity index (χ2n) is 5.90. The highest BCUT2D eigenvalue weighted by atomic mass is 32.2. The fourth-order valence-corrected chi connectivity index (χ4v) is 4.76. The number of imide groups is 1. The minimum absolute atomic E-state index is 0.0117. The standard InChI is InChI=1S/C15H16N2O6S/c18-12-6-8-16(24(22,23)11-4-2-1-3-5-11)10-15(12)7-9-17(13(15)19)14(20)21/h1-5H,6-10H2,(H,20,21). The molecule has 9 heteroatoms. The van der Waals surface area contributed by atoms with Gasteiger partial charge in [-0.25, -0.2) is 18.1 Å². The van der Waals surface area contributed by atoms with Crippen LogP contribution in [0.5, 0.6) is 0 Å². The fourth-order valence-electron chi connectivity index (χ4n) is 3.24. The van der Waals surface area contributed by atoms with Crippen LogP contribution >= 0.6 is 0 Å². The van der Waals surface area contributed by atoms with Gasteiger partial charge < -0.3 is 5.11 Å². The van der Waals surface area contributed by atoms with Crippen LogP contribution < -0.4 is 0 Å². The molecule has 0 aliphatic carbocycles. The lowest BCUT2D eigenvalue weighted by atomic mass is 9.78. The third-order valence-corrected chi connectivity index (χ3v) is 6.46. The number of ketones is 1. The minimum Gasteiger partial charge on any atom is -0.465 e. The van der Waals surface area contributed by atoms with Gasteiger partial charge in [0, 0.05) is 26.1 Å². The Kier molecular flexibility index (Phi) is 3.92. The molecule has 128 valence electrons. The molecule has 1 spiro atoms. The molecule has 1 aromatic rings. The van der Waals surface area contributed by atoms with Gasteiger partial charge in [-0.2, -0.15) is 4.31 Å². The number of carbonyl (C=O) groups excluding carboxylic acids is 2. The molecular formula is C15H16N2O6S. The van der Waals surface area contributed by atoms with Gasteiger partial charge in [-0.3, -0.25) is 9.59 Å². The van der Waals surface area contributed by atoms with Crippen LogP contribution in [0.4, 0.5) is 4.79 Å². The van der Waals surface area contributed by atoms with E-state index in [1.165, 1.54) is 12.1 Å². The highest BCUT2D eigenvalue weighted by Gasteiger charge is 2.57. The molecule has 0 saturated carbocycles. The molecule has 0 radical (unpaired) electrons. The molecule has 2 fully saturated rings. The smallest absolute Gasteiger partial charge is 0.414 e. The largest absolute Gasteiger partial charge is 0.465 e. The monoisotopic (exact) mass is 352 g/mol. The van der Waals surface area contributed by atoms with Crippen molar-refractivity contribution in [3.8, 4) is 0 Å². The summed E-state index contributed by atoms with van der Waals surface area (Å²) in [5.41, 5.74) is -1.58. The van der Waals surface area contributed by atoms with Crippen LogP contribution in [-0.4, -0.2) is 60.1 Å². The van der Waals surface area contributed by atoms with Crippen molar-refractivity contribution in [1.29, 1.82) is 0 Å². The van der Waals surface area contributed by atoms with Crippen molar-refractivity contribution in [2.24, 2.45) is 5.41 Å². The van der Waals surface area contributed by atoms with Gasteiger partial charge in [-0.1, -0.05) is 18.2 Å². The molecule has 2 amide bonds. The average Bonchev–Trinajstić information content (AvgIpc) is 2.88. The van der Waals surface area contributed by atoms with Crippen LogP contribution in [0.25, 0.3) is 0 Å². The van der Waals surface area contributed by atoms with E-state index in [-0.39, 0.29) is 37.4 Å². The number of nitrogens with zero attached hydrogens (tertiary/aromatic N) is 2. The topological polar surface area (TPSA) is 112 Å². The number of likely N-dealkylation sites (tertiary alicyclic amines) is 1. The molecule has 1 atom stereocenters. The average molecular weight is 352 g/mol. The fraction of sp³-hybridized carbons (Fsp3) is 0.400. The molecule has 2 heterocycles. The molecule has 8 nitrogen and oxygen atoms in total. The maximum absolute atomic E-state index is 12.7. The van der Waals surface area contributed by atoms with Crippen molar-refractivity contribution < 1.29 is 27.9 Å². The van der Waals surface area contributed by atoms with Crippen molar-refractivity contribution in [3.63, 3.8) is 0 Å². The highest BCUT2D eigenvalue weighted by molar-refractivity contribution is 7.89. The summed E-state index contributed by atoms with van der Waals surface area (Å²) in [5.74, 6) is -1.22. The molecule has 2 aliphatic heterocycles. The van der Waals surface area contributed by atoms with E-state index in [0.29, 0.717) is 4.90 Å². The second kappa shape index (κ2) is 5.67. The first-order valence-electron chi connectivity index (χ1n) is 7.42. The highest BCUT2D eigenvalue weighted by Crippen LogP contribution is 2.39. The van der Waals surface area contributed by atoms with Crippen molar-refractivity contribution in [3.05, 3.63) is 30.3 Å². The summed E-state index contributed by atoms with van der Waals surface area (Å²) >= 11 is 0. The van der Waals surface area contributed by atoms with Crippen molar-refractivity contribution in [2.75, 3.05) is 19.6 Å². The summed E-state index contributed by atoms with van der Waals surface area (Å²) in [6, 6.07) is 7.75. The van der Waals surface area contributed by atoms with E-state index in [4.69, 9.17) is 5.11 Å². The molecule has 0 aromatic heterocycles. The molecule has 1 aromatic carbocycles. The number of carbonyl (C=O) groups is 3. The number of hydrogen-bond acceptors (Lipinski definition) is 5. The van der Waals surface area contributed by atoms with E-state index >= 15 is 0 Å². The van der Waals surface area contributed by atoms with Gasteiger partial charge in [0.2, 0.25) is 15.9 Å². The zero-order valence-corrected chi connectivity index (χ0v) is 13.5. The van der Waals surface area contributed by atoms with Gasteiger partial charge in [-0.15, -0.1) is 0 Å². The summed E-state index contributed by atoms with van der Waals surface area (Å²) < 4.78 is 26.6. The molecule has 2 aliphatic rings. The summed E-state index contributed by atoms with van der Waals surface area (Å²) in [4.78, 5) is 36.6. The van der Waals surface area contributed by atoms with Crippen LogP contribution in [0.3, 0.4) is 0 Å². The van der Waals surface area contributed by atoms with E-state index in [9.17, 15) is 22.8 Å². The predicted molar refractivity (Wildman–Crippen MR) is 81.6 cm³/mol. The number of amides is 2. The van der Waals surface area contributed by atoms with E-state index in [2.05, 4.69) is 0 Å². The Morgan fingerprint density at radius 3 is 2.38 bits per heavy atom. The van der Waals surface area contributed by atoms with Crippen molar-refractivity contribution in [1.82, 2.24) is 9.21 Å². The molecule has 2 saturated heterocycles. The van der Waals surface area contributed by atoms with Gasteiger partial charge >= 0.3 is 6.09 Å². The maximum atomic E-state index is 12.7. The number of carboxylic acid groups (broad SMARTS) is 1. The van der Waals surface area contributed by atoms with Crippen LogP contribution in [-0.2, 0) is 19.6 Å². The first-order valence-corrected chi connectivity index (χ1v) is 8.86. The van der Waals surface area contributed by atoms with Gasteiger partial charge in [-0.05, 0) is 18.6 Å². The van der Waals surface area contributed by atoms with Gasteiger partial charge in [0.1, 0.15) is 5.41 Å². The third-order valence-electron chi connectivity index (χ3n) is 4.60. The Morgan fingerprint density at radius 1 is 1.12 bits per heavy atom. The number of piperidine rings is 1. The first-order chi connectivity index (χ1) is 11.3. The lowest BCUT2D eigenvalue weighted by Gasteiger charge is -2.36. The Labute approximate surface area is 138 Å². The van der Waals surface area contributed by atoms with E-state index in [1.807, 2.05) is 0 Å². The Balaban J connectivity index is 1.94. The summed E-state index contributed by atoms with van der Waals surface area (Å²) in [5, 5.41) is 9.05. The van der Waals surface area contributed by atoms with Crippen LogP contribution in [0.1, 0.15) is 12.8 Å². The summed E-state index contributed by atoms with van der Waals surface area (Å²) in [6.07, 6.45) is -1.52. The van der Waals surface area contributed by atoms with E-state index in [1.54, 1.807) is 18.2 Å². The lowest BCUT2D eigenvalue weighted by Crippen LogP contribution is -2.55. The Bertz CT molecular complexity index is 807. The number of sulfonamides is 1. The van der Waals surface area contributed by atoms with Crippen LogP contribution in [0.15, 0.2) is 35.2 Å². The number of benzene rings is 1. The van der Waals surface area contributed by atoms with Crippen LogP contribution in [0.2, 0.25) is 0 Å². The zero-order chi connectivity index (χ0) is 17.5. The Morgan fingerprint density at radius 2 is 1.79 bits per heavy atom. The normalized spacial score (nSPS) is 25.4. The van der Waals surface area contributed by atoms with Crippen LogP contribution in [0, 0.1) is 5.41 Å². The van der Waals surface area contributed by atoms with Gasteiger partial charge in [0.05, 0.1) is 4.90 Å². The van der Waals surface area contributed by atoms with Gasteiger partial charge in [0.15, 0.2) is 5.78 Å². The zero-order valence-electron chi connectivity index (χ0n) is 12.7. The van der Waals surface area contributed by atoms with Gasteiger partial charge in [0.25, 0.3) is 0 Å². The number of rotatable bonds is 2. The summed E-state index contributed by atoms with van der Waals surface area (Å²) in [6.45, 7) is -0.428. The van der Waals surface area contributed by atoms with E-state index < -0.39 is 33.2 Å². The quantitative estimate of drug-likeness (QED) is 0.778. The minimum atomic E-state index is -3.85. The maximum Gasteiger partial charge on any atom is 0.414 e. The van der Waals surface area contributed by atoms with Crippen molar-refractivity contribution >= 4 is 27.8 Å². The molecule has 0 bridgehead atoms. The first kappa shape index (κ1) is 16.6. The second-order valence-corrected chi connectivity index (χ2v) is 7.83. The van der Waals surface area contributed by atoms with Crippen molar-refractivity contribution in [2.45, 2.75) is 17.7 Å². The number of hydrogen-bond donors (Lipinski definition) is 1. The molecule has 1 N–H and O–H groups in total. The Hall–Kier alpha value is -2.26. The lowest BCUT2D eigenvalue weighted by molar-refractivity contribution is -0.145. The SMILES string of the molecule is O=C(O)N1CCC2(CN(S(=O)(=O)c3ccccc3)CCC2=O)C1=O. The number of Topliss-reactive ketones (excluding diaryl/α,β-unsaturated/α-hetero) is 1. The summed E-state index contributed by atoms with van der Waals surface area (Å²) in [7, 11) is -3.85. The predicted octanol–water partition coefficient (Wildman–Crippen LogP) is 0.547. The molecule has 1 unspecified atom stereocenters. The molecular weight excluding hydrogens is 336 g/mol. The molecule has 24 heavy (non-hydrogen) atoms. The molecule has 3 rings (SSSR count).